The highest BCUT2D eigenvalue weighted by Crippen LogP contribution is 1.95. The van der Waals surface area contributed by atoms with Gasteiger partial charge in [-0.1, -0.05) is 0 Å². The Morgan fingerprint density at radius 1 is 0.864 bits per heavy atom. The molecule has 0 bridgehead atoms. The molecule has 0 heterocycles. The molecule has 0 radical (unpaired) electrons. The van der Waals surface area contributed by atoms with Gasteiger partial charge in [0.25, 0.3) is 0 Å². The zero-order chi connectivity index (χ0) is 16.6. The molecule has 0 fully saturated rings. The molecule has 22 heavy (non-hydrogen) atoms. The SMILES string of the molecule is NCCCNC(=O)CCN(CCO)CCC(=O)NCCCN. The number of nitrogens with zero attached hydrogens (tertiary/aromatic N) is 1. The third-order valence-corrected chi connectivity index (χ3v) is 3.13. The Morgan fingerprint density at radius 3 is 1.68 bits per heavy atom. The van der Waals surface area contributed by atoms with Crippen molar-refractivity contribution in [2.75, 3.05) is 52.4 Å². The van der Waals surface area contributed by atoms with Crippen molar-refractivity contribution in [3.63, 3.8) is 0 Å². The number of nitrogens with two attached hydrogens (primary N) is 2. The number of aliphatic hydroxyl groups is 1. The maximum atomic E-state index is 11.6. The first-order valence-electron chi connectivity index (χ1n) is 7.90. The Kier molecular flexibility index (Phi) is 13.9. The molecule has 2 amide bonds. The van der Waals surface area contributed by atoms with E-state index in [9.17, 15) is 9.59 Å². The van der Waals surface area contributed by atoms with Crippen LogP contribution in [0.1, 0.15) is 25.7 Å². The van der Waals surface area contributed by atoms with Gasteiger partial charge in [-0.2, -0.15) is 0 Å². The number of carbonyl (C=O) groups is 2. The summed E-state index contributed by atoms with van der Waals surface area (Å²) >= 11 is 0. The van der Waals surface area contributed by atoms with Crippen molar-refractivity contribution in [3.05, 3.63) is 0 Å². The van der Waals surface area contributed by atoms with Gasteiger partial charge in [0.05, 0.1) is 6.61 Å². The summed E-state index contributed by atoms with van der Waals surface area (Å²) in [5.74, 6) is -0.0763. The Bertz CT molecular complexity index is 276. The predicted octanol–water partition coefficient (Wildman–Crippen LogP) is -2.01. The van der Waals surface area contributed by atoms with Crippen molar-refractivity contribution in [1.82, 2.24) is 15.5 Å². The lowest BCUT2D eigenvalue weighted by molar-refractivity contribution is -0.121. The Morgan fingerprint density at radius 2 is 1.32 bits per heavy atom. The van der Waals surface area contributed by atoms with Crippen LogP contribution in [0.4, 0.5) is 0 Å². The molecule has 0 atom stereocenters. The normalized spacial score (nSPS) is 10.7. The maximum absolute atomic E-state index is 11.6. The minimum atomic E-state index is -0.0382. The van der Waals surface area contributed by atoms with Gasteiger partial charge in [0.2, 0.25) is 11.8 Å². The molecule has 0 unspecified atom stereocenters. The van der Waals surface area contributed by atoms with Crippen LogP contribution in [-0.4, -0.2) is 74.2 Å². The standard InChI is InChI=1S/C14H31N5O3/c15-5-1-7-17-13(21)3-9-19(11-12-20)10-4-14(22)18-8-2-6-16/h20H,1-12,15-16H2,(H,17,21)(H,18,22). The number of hydrogen-bond donors (Lipinski definition) is 5. The molecule has 0 spiro atoms. The molecule has 8 nitrogen and oxygen atoms in total. The molecule has 0 rings (SSSR count). The van der Waals surface area contributed by atoms with Crippen molar-refractivity contribution < 1.29 is 14.7 Å². The van der Waals surface area contributed by atoms with Crippen LogP contribution >= 0.6 is 0 Å². The smallest absolute Gasteiger partial charge is 0.221 e. The van der Waals surface area contributed by atoms with Gasteiger partial charge in [-0.3, -0.25) is 9.59 Å². The minimum Gasteiger partial charge on any atom is -0.395 e. The van der Waals surface area contributed by atoms with Gasteiger partial charge in [0.15, 0.2) is 0 Å². The van der Waals surface area contributed by atoms with Crippen molar-refractivity contribution in [3.8, 4) is 0 Å². The van der Waals surface area contributed by atoms with Crippen molar-refractivity contribution in [2.24, 2.45) is 11.5 Å². The van der Waals surface area contributed by atoms with Gasteiger partial charge < -0.3 is 32.1 Å². The topological polar surface area (TPSA) is 134 Å². The Hall–Kier alpha value is -1.22. The average molecular weight is 317 g/mol. The van der Waals surface area contributed by atoms with Crippen LogP contribution in [0.15, 0.2) is 0 Å². The van der Waals surface area contributed by atoms with Gasteiger partial charge in [0, 0.05) is 45.6 Å². The number of carbonyl (C=O) groups excluding carboxylic acids is 2. The van der Waals surface area contributed by atoms with Crippen LogP contribution in [-0.2, 0) is 9.59 Å². The van der Waals surface area contributed by atoms with E-state index in [-0.39, 0.29) is 18.4 Å². The fourth-order valence-electron chi connectivity index (χ4n) is 1.83. The molecule has 0 aliphatic rings. The number of hydrogen-bond acceptors (Lipinski definition) is 6. The molecule has 7 N–H and O–H groups in total. The molecule has 0 aliphatic carbocycles. The summed E-state index contributed by atoms with van der Waals surface area (Å²) < 4.78 is 0. The summed E-state index contributed by atoms with van der Waals surface area (Å²) in [5, 5.41) is 14.6. The first-order chi connectivity index (χ1) is 10.6. The van der Waals surface area contributed by atoms with E-state index in [0.29, 0.717) is 58.7 Å². The first-order valence-corrected chi connectivity index (χ1v) is 7.90. The van der Waals surface area contributed by atoms with Crippen molar-refractivity contribution >= 4 is 11.8 Å². The van der Waals surface area contributed by atoms with E-state index in [2.05, 4.69) is 10.6 Å². The Balaban J connectivity index is 3.89. The van der Waals surface area contributed by atoms with E-state index >= 15 is 0 Å². The fourth-order valence-corrected chi connectivity index (χ4v) is 1.83. The second-order valence-electron chi connectivity index (χ2n) is 5.05. The van der Waals surface area contributed by atoms with Crippen LogP contribution in [0.5, 0.6) is 0 Å². The van der Waals surface area contributed by atoms with Gasteiger partial charge >= 0.3 is 0 Å². The van der Waals surface area contributed by atoms with E-state index < -0.39 is 0 Å². The molecule has 0 saturated carbocycles. The molecule has 0 aromatic heterocycles. The van der Waals surface area contributed by atoms with Gasteiger partial charge in [0.1, 0.15) is 0 Å². The number of aliphatic hydroxyl groups excluding tert-OH is 1. The summed E-state index contributed by atoms with van der Waals surface area (Å²) in [6.07, 6.45) is 2.21. The summed E-state index contributed by atoms with van der Waals surface area (Å²) in [6.45, 7) is 3.76. The fraction of sp³-hybridized carbons (Fsp3) is 0.857. The predicted molar refractivity (Wildman–Crippen MR) is 86.1 cm³/mol. The summed E-state index contributed by atoms with van der Waals surface area (Å²) in [5.41, 5.74) is 10.7. The van der Waals surface area contributed by atoms with E-state index in [1.165, 1.54) is 0 Å². The third-order valence-electron chi connectivity index (χ3n) is 3.13. The lowest BCUT2D eigenvalue weighted by atomic mass is 10.3. The molecule has 0 aliphatic heterocycles. The lowest BCUT2D eigenvalue weighted by Crippen LogP contribution is -2.36. The largest absolute Gasteiger partial charge is 0.395 e. The van der Waals surface area contributed by atoms with Gasteiger partial charge in [-0.15, -0.1) is 0 Å². The zero-order valence-electron chi connectivity index (χ0n) is 13.4. The summed E-state index contributed by atoms with van der Waals surface area (Å²) in [4.78, 5) is 25.1. The van der Waals surface area contributed by atoms with Crippen molar-refractivity contribution in [2.45, 2.75) is 25.7 Å². The van der Waals surface area contributed by atoms with Crippen LogP contribution in [0.25, 0.3) is 0 Å². The van der Waals surface area contributed by atoms with Gasteiger partial charge in [-0.25, -0.2) is 0 Å². The molecular formula is C14H31N5O3. The average Bonchev–Trinajstić information content (AvgIpc) is 2.50. The van der Waals surface area contributed by atoms with Crippen LogP contribution in [0.3, 0.4) is 0 Å². The number of nitrogens with one attached hydrogen (secondary N) is 2. The molecular weight excluding hydrogens is 286 g/mol. The van der Waals surface area contributed by atoms with E-state index in [1.807, 2.05) is 4.90 Å². The number of amides is 2. The number of rotatable bonds is 14. The van der Waals surface area contributed by atoms with Crippen molar-refractivity contribution in [1.29, 1.82) is 0 Å². The second kappa shape index (κ2) is 14.7. The van der Waals surface area contributed by atoms with E-state index in [0.717, 1.165) is 12.8 Å². The second-order valence-corrected chi connectivity index (χ2v) is 5.05. The lowest BCUT2D eigenvalue weighted by Gasteiger charge is -2.20. The summed E-state index contributed by atoms with van der Waals surface area (Å²) in [6, 6.07) is 0. The Labute approximate surface area is 132 Å². The summed E-state index contributed by atoms with van der Waals surface area (Å²) in [7, 11) is 0. The van der Waals surface area contributed by atoms with E-state index in [1.54, 1.807) is 0 Å². The quantitative estimate of drug-likeness (QED) is 0.235. The molecule has 0 aromatic rings. The monoisotopic (exact) mass is 317 g/mol. The first kappa shape index (κ1) is 20.8. The molecule has 0 aromatic carbocycles. The minimum absolute atomic E-state index is 0.00356. The van der Waals surface area contributed by atoms with E-state index in [4.69, 9.17) is 16.6 Å². The third kappa shape index (κ3) is 12.5. The maximum Gasteiger partial charge on any atom is 0.221 e. The highest BCUT2D eigenvalue weighted by atomic mass is 16.3. The van der Waals surface area contributed by atoms with Gasteiger partial charge in [-0.05, 0) is 25.9 Å². The van der Waals surface area contributed by atoms with Crippen LogP contribution in [0, 0.1) is 0 Å². The highest BCUT2D eigenvalue weighted by Gasteiger charge is 2.10. The zero-order valence-corrected chi connectivity index (χ0v) is 13.4. The molecule has 130 valence electrons. The van der Waals surface area contributed by atoms with Crippen LogP contribution in [0.2, 0.25) is 0 Å². The van der Waals surface area contributed by atoms with Crippen LogP contribution < -0.4 is 22.1 Å². The highest BCUT2D eigenvalue weighted by molar-refractivity contribution is 5.76. The molecule has 0 saturated heterocycles. The molecule has 8 heteroatoms.